The maximum Gasteiger partial charge on any atom is 0.230 e. The minimum atomic E-state index is -0.478. The molecule has 4 rings (SSSR count). The normalized spacial score (nSPS) is 21.0. The lowest BCUT2D eigenvalue weighted by molar-refractivity contribution is -0.123. The lowest BCUT2D eigenvalue weighted by Crippen LogP contribution is -2.43. The first-order valence-electron chi connectivity index (χ1n) is 9.78. The van der Waals surface area contributed by atoms with E-state index in [1.54, 1.807) is 30.4 Å². The van der Waals surface area contributed by atoms with E-state index in [2.05, 4.69) is 11.4 Å². The SMILES string of the molecule is CC(O)c1ccc(C2(CNC(=O)C3(c4ccc(F)cc4)CC3)CCCC2)s1. The molecule has 1 aromatic carbocycles. The van der Waals surface area contributed by atoms with Crippen molar-refractivity contribution in [1.29, 1.82) is 0 Å². The van der Waals surface area contributed by atoms with Gasteiger partial charge in [0.2, 0.25) is 5.91 Å². The van der Waals surface area contributed by atoms with Crippen molar-refractivity contribution in [2.45, 2.75) is 62.4 Å². The minimum Gasteiger partial charge on any atom is -0.388 e. The fourth-order valence-electron chi connectivity index (χ4n) is 4.38. The molecule has 0 bridgehead atoms. The Morgan fingerprint density at radius 2 is 1.81 bits per heavy atom. The van der Waals surface area contributed by atoms with Gasteiger partial charge < -0.3 is 10.4 Å². The van der Waals surface area contributed by atoms with Crippen LogP contribution in [-0.2, 0) is 15.6 Å². The number of hydrogen-bond donors (Lipinski definition) is 2. The van der Waals surface area contributed by atoms with E-state index in [0.29, 0.717) is 6.54 Å². The number of hydrogen-bond acceptors (Lipinski definition) is 3. The standard InChI is InChI=1S/C22H26FNO2S/c1-15(25)18-8-9-19(27-18)21(10-2-3-11-21)14-24-20(26)22(12-13-22)16-4-6-17(23)7-5-16/h4-9,15,25H,2-3,10-14H2,1H3,(H,24,26). The minimum absolute atomic E-state index is 0.0215. The predicted molar refractivity (Wildman–Crippen MR) is 105 cm³/mol. The smallest absolute Gasteiger partial charge is 0.230 e. The van der Waals surface area contributed by atoms with E-state index < -0.39 is 11.5 Å². The summed E-state index contributed by atoms with van der Waals surface area (Å²) in [6.07, 6.45) is 5.66. The van der Waals surface area contributed by atoms with Gasteiger partial charge >= 0.3 is 0 Å². The summed E-state index contributed by atoms with van der Waals surface area (Å²) in [5.74, 6) is -0.209. The Morgan fingerprint density at radius 1 is 1.15 bits per heavy atom. The molecule has 0 radical (unpaired) electrons. The zero-order chi connectivity index (χ0) is 19.1. The molecule has 2 fully saturated rings. The van der Waals surface area contributed by atoms with Crippen LogP contribution in [0.1, 0.15) is 66.9 Å². The van der Waals surface area contributed by atoms with Crippen molar-refractivity contribution in [3.8, 4) is 0 Å². The Balaban J connectivity index is 1.50. The molecule has 0 spiro atoms. The van der Waals surface area contributed by atoms with Gasteiger partial charge in [-0.25, -0.2) is 4.39 Å². The van der Waals surface area contributed by atoms with E-state index in [1.165, 1.54) is 29.9 Å². The number of thiophene rings is 1. The lowest BCUT2D eigenvalue weighted by Gasteiger charge is -2.29. The van der Waals surface area contributed by atoms with Crippen LogP contribution in [0, 0.1) is 5.82 Å². The van der Waals surface area contributed by atoms with Gasteiger partial charge in [-0.1, -0.05) is 25.0 Å². The van der Waals surface area contributed by atoms with Crippen molar-refractivity contribution >= 4 is 17.2 Å². The molecule has 27 heavy (non-hydrogen) atoms. The van der Waals surface area contributed by atoms with Gasteiger partial charge in [0.15, 0.2) is 0 Å². The largest absolute Gasteiger partial charge is 0.388 e. The van der Waals surface area contributed by atoms with Gasteiger partial charge in [0, 0.05) is 21.7 Å². The van der Waals surface area contributed by atoms with Gasteiger partial charge in [0.05, 0.1) is 11.5 Å². The monoisotopic (exact) mass is 387 g/mol. The van der Waals surface area contributed by atoms with E-state index in [1.807, 2.05) is 6.07 Å². The maximum absolute atomic E-state index is 13.2. The number of nitrogens with one attached hydrogen (secondary N) is 1. The van der Waals surface area contributed by atoms with Crippen molar-refractivity contribution in [3.05, 3.63) is 57.5 Å². The first-order chi connectivity index (χ1) is 13.0. The molecule has 0 saturated heterocycles. The lowest BCUT2D eigenvalue weighted by atomic mass is 9.84. The van der Waals surface area contributed by atoms with Crippen LogP contribution >= 0.6 is 11.3 Å². The summed E-state index contributed by atoms with van der Waals surface area (Å²) in [4.78, 5) is 15.3. The molecule has 1 aromatic heterocycles. The van der Waals surface area contributed by atoms with Crippen LogP contribution in [0.5, 0.6) is 0 Å². The maximum atomic E-state index is 13.2. The molecule has 2 aliphatic rings. The number of carbonyl (C=O) groups is 1. The van der Waals surface area contributed by atoms with Crippen LogP contribution < -0.4 is 5.32 Å². The third-order valence-corrected chi connectivity index (χ3v) is 7.79. The topological polar surface area (TPSA) is 49.3 Å². The summed E-state index contributed by atoms with van der Waals surface area (Å²) in [7, 11) is 0. The second kappa shape index (κ2) is 7.02. The summed E-state index contributed by atoms with van der Waals surface area (Å²) >= 11 is 1.67. The summed E-state index contributed by atoms with van der Waals surface area (Å²) in [5, 5.41) is 13.1. The highest BCUT2D eigenvalue weighted by atomic mass is 32.1. The van der Waals surface area contributed by atoms with E-state index >= 15 is 0 Å². The van der Waals surface area contributed by atoms with Crippen molar-refractivity contribution in [1.82, 2.24) is 5.32 Å². The Kier molecular flexibility index (Phi) is 4.85. The zero-order valence-corrected chi connectivity index (χ0v) is 16.4. The van der Waals surface area contributed by atoms with Gasteiger partial charge in [-0.3, -0.25) is 4.79 Å². The molecule has 5 heteroatoms. The zero-order valence-electron chi connectivity index (χ0n) is 15.6. The molecule has 1 amide bonds. The molecular formula is C22H26FNO2S. The van der Waals surface area contributed by atoms with Crippen LogP contribution in [0.15, 0.2) is 36.4 Å². The molecule has 1 unspecified atom stereocenters. The Hall–Kier alpha value is -1.72. The fourth-order valence-corrected chi connectivity index (χ4v) is 5.57. The Labute approximate surface area is 163 Å². The summed E-state index contributed by atoms with van der Waals surface area (Å²) < 4.78 is 13.2. The number of carbonyl (C=O) groups excluding carboxylic acids is 1. The van der Waals surface area contributed by atoms with Crippen molar-refractivity contribution < 1.29 is 14.3 Å². The second-order valence-electron chi connectivity index (χ2n) is 8.14. The summed E-state index contributed by atoms with van der Waals surface area (Å²) in [6, 6.07) is 10.5. The number of halogens is 1. The third kappa shape index (κ3) is 3.43. The predicted octanol–water partition coefficient (Wildman–Crippen LogP) is 4.60. The Morgan fingerprint density at radius 3 is 2.37 bits per heavy atom. The molecule has 144 valence electrons. The van der Waals surface area contributed by atoms with Gasteiger partial charge in [-0.2, -0.15) is 0 Å². The van der Waals surface area contributed by atoms with Crippen molar-refractivity contribution in [3.63, 3.8) is 0 Å². The number of benzene rings is 1. The highest BCUT2D eigenvalue weighted by Crippen LogP contribution is 2.49. The van der Waals surface area contributed by atoms with Crippen LogP contribution in [0.25, 0.3) is 0 Å². The van der Waals surface area contributed by atoms with Crippen molar-refractivity contribution in [2.24, 2.45) is 0 Å². The van der Waals surface area contributed by atoms with Gasteiger partial charge in [0.1, 0.15) is 5.82 Å². The number of rotatable bonds is 6. The molecule has 2 N–H and O–H groups in total. The van der Waals surface area contributed by atoms with Gasteiger partial charge in [0.25, 0.3) is 0 Å². The molecule has 3 nitrogen and oxygen atoms in total. The quantitative estimate of drug-likeness (QED) is 0.761. The van der Waals surface area contributed by atoms with E-state index in [4.69, 9.17) is 0 Å². The molecule has 2 aliphatic carbocycles. The average molecular weight is 388 g/mol. The number of aliphatic hydroxyl groups is 1. The van der Waals surface area contributed by atoms with E-state index in [9.17, 15) is 14.3 Å². The van der Waals surface area contributed by atoms with Gasteiger partial charge in [-0.05, 0) is 62.4 Å². The number of aliphatic hydroxyl groups excluding tert-OH is 1. The van der Waals surface area contributed by atoms with Crippen LogP contribution in [-0.4, -0.2) is 17.6 Å². The first-order valence-corrected chi connectivity index (χ1v) is 10.6. The van der Waals surface area contributed by atoms with E-state index in [-0.39, 0.29) is 17.1 Å². The average Bonchev–Trinajstić information content (AvgIpc) is 3.08. The third-order valence-electron chi connectivity index (χ3n) is 6.29. The second-order valence-corrected chi connectivity index (χ2v) is 9.25. The Bertz CT molecular complexity index is 817. The molecule has 2 saturated carbocycles. The molecule has 0 aliphatic heterocycles. The highest BCUT2D eigenvalue weighted by Gasteiger charge is 2.51. The summed E-state index contributed by atoms with van der Waals surface area (Å²) in [6.45, 7) is 2.42. The molecular weight excluding hydrogens is 361 g/mol. The first kappa shape index (κ1) is 18.6. The highest BCUT2D eigenvalue weighted by molar-refractivity contribution is 7.12. The van der Waals surface area contributed by atoms with Crippen LogP contribution in [0.4, 0.5) is 4.39 Å². The van der Waals surface area contributed by atoms with Gasteiger partial charge in [-0.15, -0.1) is 11.3 Å². The van der Waals surface area contributed by atoms with E-state index in [0.717, 1.165) is 36.1 Å². The van der Waals surface area contributed by atoms with Crippen LogP contribution in [0.3, 0.4) is 0 Å². The molecule has 1 heterocycles. The summed E-state index contributed by atoms with van der Waals surface area (Å²) in [5.41, 5.74) is 0.412. The van der Waals surface area contributed by atoms with Crippen LogP contribution in [0.2, 0.25) is 0 Å². The molecule has 1 atom stereocenters. The fraction of sp³-hybridized carbons (Fsp3) is 0.500. The number of amides is 1. The molecule has 2 aromatic rings. The van der Waals surface area contributed by atoms with Crippen molar-refractivity contribution in [2.75, 3.05) is 6.54 Å².